The normalized spacial score (nSPS) is 18.6. The average molecular weight is 368 g/mol. The van der Waals surface area contributed by atoms with Crippen LogP contribution in [0.2, 0.25) is 0 Å². The van der Waals surface area contributed by atoms with Crippen molar-refractivity contribution in [2.45, 2.75) is 38.7 Å². The molecule has 0 bridgehead atoms. The lowest BCUT2D eigenvalue weighted by atomic mass is 9.92. The summed E-state index contributed by atoms with van der Waals surface area (Å²) in [6.45, 7) is 6.34. The molecule has 8 heteroatoms. The third-order valence-electron chi connectivity index (χ3n) is 4.28. The third kappa shape index (κ3) is 5.34. The molecular formula is C17H22F6N2. The van der Waals surface area contributed by atoms with Gasteiger partial charge in [-0.05, 0) is 36.1 Å². The Morgan fingerprint density at radius 2 is 1.40 bits per heavy atom. The van der Waals surface area contributed by atoms with Crippen LogP contribution in [-0.2, 0) is 12.4 Å². The summed E-state index contributed by atoms with van der Waals surface area (Å²) in [6.07, 6.45) is -9.14. The molecule has 1 saturated heterocycles. The first kappa shape index (κ1) is 20.0. The molecule has 142 valence electrons. The SMILES string of the molecule is CC(C)C[C@@H](c1cc(C(F)(F)F)cc(C(F)(F)F)c1)N1CCNCC1. The second kappa shape index (κ2) is 7.53. The smallest absolute Gasteiger partial charge is 0.314 e. The molecule has 0 radical (unpaired) electrons. The second-order valence-electron chi connectivity index (χ2n) is 6.77. The molecule has 0 spiro atoms. The molecule has 1 atom stereocenters. The standard InChI is InChI=1S/C17H22F6N2/c1-11(2)7-15(25-5-3-24-4-6-25)12-8-13(16(18,19)20)10-14(9-12)17(21,22)23/h8-11,15,24H,3-7H2,1-2H3/t15-/m0/s1. The molecule has 0 aliphatic carbocycles. The number of halogens is 6. The van der Waals surface area contributed by atoms with Crippen molar-refractivity contribution in [2.75, 3.05) is 26.2 Å². The summed E-state index contributed by atoms with van der Waals surface area (Å²) in [5.41, 5.74) is -2.42. The molecule has 2 nitrogen and oxygen atoms in total. The lowest BCUT2D eigenvalue weighted by molar-refractivity contribution is -0.143. The van der Waals surface area contributed by atoms with E-state index in [0.717, 1.165) is 12.1 Å². The fraction of sp³-hybridized carbons (Fsp3) is 0.647. The summed E-state index contributed by atoms with van der Waals surface area (Å²) in [7, 11) is 0. The van der Waals surface area contributed by atoms with Crippen LogP contribution in [0, 0.1) is 5.92 Å². The number of nitrogens with zero attached hydrogens (tertiary/aromatic N) is 1. The van der Waals surface area contributed by atoms with Gasteiger partial charge in [0.25, 0.3) is 0 Å². The van der Waals surface area contributed by atoms with E-state index in [0.29, 0.717) is 32.6 Å². The number of piperazine rings is 1. The Bertz CT molecular complexity index is 541. The molecule has 2 rings (SSSR count). The molecular weight excluding hydrogens is 346 g/mol. The van der Waals surface area contributed by atoms with E-state index in [1.54, 1.807) is 0 Å². The van der Waals surface area contributed by atoms with Gasteiger partial charge < -0.3 is 5.32 Å². The molecule has 1 N–H and O–H groups in total. The van der Waals surface area contributed by atoms with Crippen LogP contribution >= 0.6 is 0 Å². The molecule has 1 aromatic rings. The largest absolute Gasteiger partial charge is 0.416 e. The lowest BCUT2D eigenvalue weighted by Crippen LogP contribution is -2.45. The summed E-state index contributed by atoms with van der Waals surface area (Å²) < 4.78 is 78.7. The molecule has 1 fully saturated rings. The third-order valence-corrected chi connectivity index (χ3v) is 4.28. The number of hydrogen-bond acceptors (Lipinski definition) is 2. The van der Waals surface area contributed by atoms with Crippen molar-refractivity contribution in [3.05, 3.63) is 34.9 Å². The van der Waals surface area contributed by atoms with Gasteiger partial charge in [-0.3, -0.25) is 4.90 Å². The highest BCUT2D eigenvalue weighted by Crippen LogP contribution is 2.39. The maximum absolute atomic E-state index is 13.1. The van der Waals surface area contributed by atoms with E-state index in [9.17, 15) is 26.3 Å². The lowest BCUT2D eigenvalue weighted by Gasteiger charge is -2.36. The average Bonchev–Trinajstić information content (AvgIpc) is 2.51. The molecule has 1 aliphatic rings. The zero-order valence-corrected chi connectivity index (χ0v) is 14.1. The van der Waals surface area contributed by atoms with Gasteiger partial charge in [0.1, 0.15) is 0 Å². The maximum atomic E-state index is 13.1. The van der Waals surface area contributed by atoms with Gasteiger partial charge in [-0.15, -0.1) is 0 Å². The zero-order valence-electron chi connectivity index (χ0n) is 14.1. The van der Waals surface area contributed by atoms with Crippen LogP contribution in [-0.4, -0.2) is 31.1 Å². The van der Waals surface area contributed by atoms with Crippen molar-refractivity contribution < 1.29 is 26.3 Å². The van der Waals surface area contributed by atoms with Gasteiger partial charge in [-0.2, -0.15) is 26.3 Å². The van der Waals surface area contributed by atoms with Crippen LogP contribution in [0.3, 0.4) is 0 Å². The molecule has 0 unspecified atom stereocenters. The number of alkyl halides is 6. The quantitative estimate of drug-likeness (QED) is 0.774. The highest BCUT2D eigenvalue weighted by molar-refractivity contribution is 5.35. The number of hydrogen-bond donors (Lipinski definition) is 1. The topological polar surface area (TPSA) is 15.3 Å². The first-order valence-corrected chi connectivity index (χ1v) is 8.22. The minimum absolute atomic E-state index is 0.0813. The van der Waals surface area contributed by atoms with Gasteiger partial charge in [-0.1, -0.05) is 13.8 Å². The van der Waals surface area contributed by atoms with E-state index < -0.39 is 29.5 Å². The van der Waals surface area contributed by atoms with E-state index in [1.165, 1.54) is 0 Å². The van der Waals surface area contributed by atoms with Crippen molar-refractivity contribution in [2.24, 2.45) is 5.92 Å². The Hall–Kier alpha value is -1.28. The molecule has 1 aliphatic heterocycles. The van der Waals surface area contributed by atoms with E-state index in [2.05, 4.69) is 5.32 Å². The molecule has 0 amide bonds. The van der Waals surface area contributed by atoms with Crippen molar-refractivity contribution in [3.63, 3.8) is 0 Å². The van der Waals surface area contributed by atoms with Gasteiger partial charge in [0.15, 0.2) is 0 Å². The fourth-order valence-electron chi connectivity index (χ4n) is 3.11. The molecule has 0 saturated carbocycles. The van der Waals surface area contributed by atoms with Crippen molar-refractivity contribution >= 4 is 0 Å². The van der Waals surface area contributed by atoms with Crippen LogP contribution in [0.4, 0.5) is 26.3 Å². The van der Waals surface area contributed by atoms with Crippen LogP contribution in [0.25, 0.3) is 0 Å². The van der Waals surface area contributed by atoms with Gasteiger partial charge in [0.2, 0.25) is 0 Å². The van der Waals surface area contributed by atoms with Gasteiger partial charge in [0, 0.05) is 32.2 Å². The Balaban J connectivity index is 2.50. The van der Waals surface area contributed by atoms with E-state index in [4.69, 9.17) is 0 Å². The Labute approximate surface area is 143 Å². The predicted octanol–water partition coefficient (Wildman–Crippen LogP) is 4.72. The van der Waals surface area contributed by atoms with Crippen molar-refractivity contribution in [3.8, 4) is 0 Å². The first-order valence-electron chi connectivity index (χ1n) is 8.22. The van der Waals surface area contributed by atoms with Crippen LogP contribution in [0.5, 0.6) is 0 Å². The predicted molar refractivity (Wildman–Crippen MR) is 83.1 cm³/mol. The van der Waals surface area contributed by atoms with Crippen LogP contribution < -0.4 is 5.32 Å². The number of rotatable bonds is 4. The summed E-state index contributed by atoms with van der Waals surface area (Å²) in [6, 6.07) is 1.45. The van der Waals surface area contributed by atoms with Crippen LogP contribution in [0.15, 0.2) is 18.2 Å². The summed E-state index contributed by atoms with van der Waals surface area (Å²) in [5, 5.41) is 3.14. The maximum Gasteiger partial charge on any atom is 0.416 e. The van der Waals surface area contributed by atoms with Gasteiger partial charge in [-0.25, -0.2) is 0 Å². The van der Waals surface area contributed by atoms with Gasteiger partial charge in [0.05, 0.1) is 11.1 Å². The highest BCUT2D eigenvalue weighted by Gasteiger charge is 2.38. The van der Waals surface area contributed by atoms with E-state index >= 15 is 0 Å². The molecule has 1 heterocycles. The van der Waals surface area contributed by atoms with Crippen LogP contribution in [0.1, 0.15) is 43.0 Å². The highest BCUT2D eigenvalue weighted by atomic mass is 19.4. The number of nitrogens with one attached hydrogen (secondary N) is 1. The summed E-state index contributed by atoms with van der Waals surface area (Å²) in [5.74, 6) is 0.142. The van der Waals surface area contributed by atoms with Gasteiger partial charge >= 0.3 is 12.4 Å². The molecule has 0 aromatic heterocycles. The fourth-order valence-corrected chi connectivity index (χ4v) is 3.11. The Morgan fingerprint density at radius 1 is 0.920 bits per heavy atom. The Morgan fingerprint density at radius 3 is 1.80 bits per heavy atom. The second-order valence-corrected chi connectivity index (χ2v) is 6.77. The van der Waals surface area contributed by atoms with Crippen molar-refractivity contribution in [1.29, 1.82) is 0 Å². The Kier molecular flexibility index (Phi) is 6.04. The zero-order chi connectivity index (χ0) is 18.8. The van der Waals surface area contributed by atoms with E-state index in [1.807, 2.05) is 18.7 Å². The number of benzene rings is 1. The summed E-state index contributed by atoms with van der Waals surface area (Å²) >= 11 is 0. The monoisotopic (exact) mass is 368 g/mol. The minimum atomic E-state index is -4.82. The molecule has 25 heavy (non-hydrogen) atoms. The van der Waals surface area contributed by atoms with Crippen molar-refractivity contribution in [1.82, 2.24) is 10.2 Å². The summed E-state index contributed by atoms with van der Waals surface area (Å²) in [4.78, 5) is 1.96. The van der Waals surface area contributed by atoms with E-state index in [-0.39, 0.29) is 17.5 Å². The first-order chi connectivity index (χ1) is 11.5. The molecule has 1 aromatic carbocycles. The minimum Gasteiger partial charge on any atom is -0.314 e.